The summed E-state index contributed by atoms with van der Waals surface area (Å²) < 4.78 is 0. The lowest BCUT2D eigenvalue weighted by molar-refractivity contribution is -1.37. The molecule has 0 spiro atoms. The molecule has 0 saturated carbocycles. The molecule has 0 amide bonds. The summed E-state index contributed by atoms with van der Waals surface area (Å²) >= 11 is 0. The molecule has 0 atom stereocenters. The van der Waals surface area contributed by atoms with Crippen molar-refractivity contribution in [2.24, 2.45) is 0 Å². The van der Waals surface area contributed by atoms with E-state index in [0.717, 1.165) is 19.3 Å². The van der Waals surface area contributed by atoms with Crippen LogP contribution in [0.5, 0.6) is 0 Å². The van der Waals surface area contributed by atoms with Crippen molar-refractivity contribution in [3.05, 3.63) is 0 Å². The lowest BCUT2D eigenvalue weighted by Gasteiger charge is -2.13. The van der Waals surface area contributed by atoms with E-state index in [1.807, 2.05) is 0 Å². The molecule has 0 heterocycles. The van der Waals surface area contributed by atoms with Gasteiger partial charge in [0.2, 0.25) is 0 Å². The molecule has 0 bridgehead atoms. The lowest BCUT2D eigenvalue weighted by atomic mass is 10.3. The molecule has 0 aromatic rings. The Morgan fingerprint density at radius 1 is 0.550 bits per heavy atom. The van der Waals surface area contributed by atoms with E-state index >= 15 is 0 Å². The van der Waals surface area contributed by atoms with Crippen LogP contribution in [-0.4, -0.2) is 19.8 Å². The Labute approximate surface area is 131 Å². The van der Waals surface area contributed by atoms with Gasteiger partial charge in [-0.15, -0.1) is 14.5 Å². The molecular formula is C15H34ClNO3. The minimum atomic E-state index is 0. The summed E-state index contributed by atoms with van der Waals surface area (Å²) in [6, 6.07) is 0. The molecule has 5 heteroatoms. The summed E-state index contributed by atoms with van der Waals surface area (Å²) in [5, 5.41) is 0.392. The minimum Gasteiger partial charge on any atom is -1.00 e. The number of halogens is 1. The fourth-order valence-electron chi connectivity index (χ4n) is 1.65. The highest BCUT2D eigenvalue weighted by Gasteiger charge is 2.11. The summed E-state index contributed by atoms with van der Waals surface area (Å²) in [7, 11) is 0. The van der Waals surface area contributed by atoms with Crippen molar-refractivity contribution in [3.8, 4) is 0 Å². The highest BCUT2D eigenvalue weighted by Crippen LogP contribution is 1.95. The number of hydrogen-bond donors (Lipinski definition) is 1. The topological polar surface area (TPSA) is 32.1 Å². The Bertz CT molecular complexity index is 145. The molecule has 1 N–H and O–H groups in total. The summed E-state index contributed by atoms with van der Waals surface area (Å²) in [6.45, 7) is 8.66. The Kier molecular flexibility index (Phi) is 21.4. The first-order valence-electron chi connectivity index (χ1n) is 8.10. The van der Waals surface area contributed by atoms with Gasteiger partial charge in [0.15, 0.2) is 0 Å². The van der Waals surface area contributed by atoms with E-state index in [0.29, 0.717) is 25.2 Å². The Morgan fingerprint density at radius 3 is 1.10 bits per heavy atom. The Balaban J connectivity index is 0. The van der Waals surface area contributed by atoms with Crippen LogP contribution in [0.15, 0.2) is 0 Å². The summed E-state index contributed by atoms with van der Waals surface area (Å²) in [4.78, 5) is 16.7. The normalized spacial score (nSPS) is 10.8. The van der Waals surface area contributed by atoms with E-state index in [1.54, 1.807) is 0 Å². The molecule has 4 nitrogen and oxygen atoms in total. The molecule has 0 aliphatic heterocycles. The van der Waals surface area contributed by atoms with Crippen molar-refractivity contribution in [1.82, 2.24) is 0 Å². The van der Waals surface area contributed by atoms with E-state index in [1.165, 1.54) is 38.5 Å². The zero-order valence-electron chi connectivity index (χ0n) is 13.6. The van der Waals surface area contributed by atoms with Crippen molar-refractivity contribution >= 4 is 0 Å². The van der Waals surface area contributed by atoms with Gasteiger partial charge in [0.05, 0.1) is 5.39 Å². The number of unbranched alkanes of at least 4 members (excludes halogenated alkanes) is 6. The maximum atomic E-state index is 5.58. The number of quaternary nitrogens is 1. The van der Waals surface area contributed by atoms with Crippen LogP contribution in [0.25, 0.3) is 0 Å². The van der Waals surface area contributed by atoms with Gasteiger partial charge in [0.1, 0.15) is 19.8 Å². The van der Waals surface area contributed by atoms with Gasteiger partial charge in [-0.25, -0.2) is 0 Å². The van der Waals surface area contributed by atoms with Crippen LogP contribution in [0, 0.1) is 0 Å². The predicted molar refractivity (Wildman–Crippen MR) is 77.4 cm³/mol. The fraction of sp³-hybridized carbons (Fsp3) is 1.00. The first-order valence-corrected chi connectivity index (χ1v) is 8.10. The first kappa shape index (κ1) is 22.4. The molecular weight excluding hydrogens is 278 g/mol. The summed E-state index contributed by atoms with van der Waals surface area (Å²) in [5.41, 5.74) is 0. The van der Waals surface area contributed by atoms with Crippen LogP contribution in [0.2, 0.25) is 0 Å². The van der Waals surface area contributed by atoms with Gasteiger partial charge in [-0.1, -0.05) is 59.3 Å². The molecule has 0 unspecified atom stereocenters. The van der Waals surface area contributed by atoms with Gasteiger partial charge in [0.25, 0.3) is 0 Å². The van der Waals surface area contributed by atoms with Crippen LogP contribution in [-0.2, 0) is 14.5 Å². The van der Waals surface area contributed by atoms with Crippen molar-refractivity contribution in [2.75, 3.05) is 19.8 Å². The maximum Gasteiger partial charge on any atom is 0.115 e. The molecule has 0 aromatic carbocycles. The second-order valence-electron chi connectivity index (χ2n) is 4.92. The van der Waals surface area contributed by atoms with Crippen LogP contribution in [0.3, 0.4) is 0 Å². The maximum absolute atomic E-state index is 5.58. The van der Waals surface area contributed by atoms with E-state index in [-0.39, 0.29) is 12.4 Å². The Hall–Kier alpha value is 0.130. The second-order valence-corrected chi connectivity index (χ2v) is 4.92. The molecule has 0 aromatic heterocycles. The minimum absolute atomic E-state index is 0. The molecule has 0 saturated heterocycles. The molecule has 20 heavy (non-hydrogen) atoms. The smallest absolute Gasteiger partial charge is 0.115 e. The van der Waals surface area contributed by atoms with Gasteiger partial charge >= 0.3 is 0 Å². The van der Waals surface area contributed by atoms with Crippen molar-refractivity contribution in [3.63, 3.8) is 0 Å². The molecule has 124 valence electrons. The third-order valence-corrected chi connectivity index (χ3v) is 2.90. The first-order chi connectivity index (χ1) is 9.35. The van der Waals surface area contributed by atoms with Crippen LogP contribution in [0.1, 0.15) is 78.6 Å². The average Bonchev–Trinajstić information content (AvgIpc) is 2.43. The third kappa shape index (κ3) is 16.2. The van der Waals surface area contributed by atoms with Gasteiger partial charge in [-0.05, 0) is 19.3 Å². The molecule has 0 aliphatic rings. The lowest BCUT2D eigenvalue weighted by Crippen LogP contribution is -3.09. The van der Waals surface area contributed by atoms with E-state index in [4.69, 9.17) is 14.5 Å². The van der Waals surface area contributed by atoms with Crippen LogP contribution >= 0.6 is 0 Å². The zero-order valence-corrected chi connectivity index (χ0v) is 14.3. The molecule has 0 aliphatic carbocycles. The molecule has 0 rings (SSSR count). The summed E-state index contributed by atoms with van der Waals surface area (Å²) in [5.74, 6) is 0. The quantitative estimate of drug-likeness (QED) is 0.347. The van der Waals surface area contributed by atoms with Gasteiger partial charge in [0, 0.05) is 0 Å². The standard InChI is InChI=1S/C15H34NO3.ClH/c1-4-7-10-13-17-16(18-14-11-8-5-2)19-15-12-9-6-3;/h16H,4-15H2,1-3H3;1H/q+1;/p-1. The van der Waals surface area contributed by atoms with E-state index in [2.05, 4.69) is 20.8 Å². The monoisotopic (exact) mass is 311 g/mol. The third-order valence-electron chi connectivity index (χ3n) is 2.90. The van der Waals surface area contributed by atoms with Crippen LogP contribution < -0.4 is 17.8 Å². The van der Waals surface area contributed by atoms with E-state index in [9.17, 15) is 0 Å². The number of nitrogens with one attached hydrogen (secondary N) is 1. The van der Waals surface area contributed by atoms with E-state index < -0.39 is 0 Å². The van der Waals surface area contributed by atoms with Crippen molar-refractivity contribution < 1.29 is 32.3 Å². The highest BCUT2D eigenvalue weighted by atomic mass is 35.5. The average molecular weight is 312 g/mol. The van der Waals surface area contributed by atoms with Gasteiger partial charge in [-0.2, -0.15) is 0 Å². The summed E-state index contributed by atoms with van der Waals surface area (Å²) in [6.07, 6.45) is 10.4. The second kappa shape index (κ2) is 19.1. The predicted octanol–water partition coefficient (Wildman–Crippen LogP) is 0.241. The fourth-order valence-corrected chi connectivity index (χ4v) is 1.65. The van der Waals surface area contributed by atoms with Crippen molar-refractivity contribution in [1.29, 1.82) is 0 Å². The number of hydrogen-bond acceptors (Lipinski definition) is 3. The SMILES string of the molecule is CCCCCO[NH+](OCCCCC)OCCCCC.[Cl-]. The number of rotatable bonds is 15. The largest absolute Gasteiger partial charge is 1.00 e. The Morgan fingerprint density at radius 2 is 0.850 bits per heavy atom. The van der Waals surface area contributed by atoms with Crippen molar-refractivity contribution in [2.45, 2.75) is 78.6 Å². The van der Waals surface area contributed by atoms with Gasteiger partial charge < -0.3 is 12.4 Å². The zero-order chi connectivity index (χ0) is 14.2. The van der Waals surface area contributed by atoms with Gasteiger partial charge in [-0.3, -0.25) is 0 Å². The highest BCUT2D eigenvalue weighted by molar-refractivity contribution is 4.34. The molecule has 0 radical (unpaired) electrons. The van der Waals surface area contributed by atoms with Crippen LogP contribution in [0.4, 0.5) is 0 Å². The molecule has 0 fully saturated rings.